The molecule has 2 amide bonds. The van der Waals surface area contributed by atoms with Crippen LogP contribution >= 0.6 is 0 Å². The zero-order valence-electron chi connectivity index (χ0n) is 8.60. The van der Waals surface area contributed by atoms with E-state index in [1.165, 1.54) is 0 Å². The van der Waals surface area contributed by atoms with Gasteiger partial charge in [-0.3, -0.25) is 5.21 Å². The van der Waals surface area contributed by atoms with Crippen LogP contribution < -0.4 is 10.0 Å². The SMILES string of the molecule is CCN1CCc2c(ccc[n+]2O)NC1=O. The van der Waals surface area contributed by atoms with E-state index in [-0.39, 0.29) is 6.03 Å². The molecule has 15 heavy (non-hydrogen) atoms. The van der Waals surface area contributed by atoms with Crippen molar-refractivity contribution in [2.24, 2.45) is 0 Å². The van der Waals surface area contributed by atoms with Crippen LogP contribution in [0.1, 0.15) is 12.6 Å². The maximum atomic E-state index is 11.6. The molecule has 0 saturated heterocycles. The Bertz CT molecular complexity index is 392. The van der Waals surface area contributed by atoms with Crippen molar-refractivity contribution in [3.63, 3.8) is 0 Å². The summed E-state index contributed by atoms with van der Waals surface area (Å²) in [6.07, 6.45) is 2.21. The number of nitrogens with zero attached hydrogens (tertiary/aromatic N) is 2. The Morgan fingerprint density at radius 1 is 1.67 bits per heavy atom. The van der Waals surface area contributed by atoms with Crippen molar-refractivity contribution in [2.45, 2.75) is 13.3 Å². The Labute approximate surface area is 87.9 Å². The number of hydrogen-bond donors (Lipinski definition) is 2. The van der Waals surface area contributed by atoms with Crippen LogP contribution in [0.4, 0.5) is 10.5 Å². The molecule has 0 fully saturated rings. The van der Waals surface area contributed by atoms with Gasteiger partial charge in [-0.15, -0.1) is 0 Å². The minimum Gasteiger partial charge on any atom is -0.324 e. The van der Waals surface area contributed by atoms with Gasteiger partial charge in [-0.1, -0.05) is 0 Å². The fourth-order valence-corrected chi connectivity index (χ4v) is 1.73. The van der Waals surface area contributed by atoms with Crippen LogP contribution in [0.3, 0.4) is 0 Å². The number of rotatable bonds is 1. The van der Waals surface area contributed by atoms with Crippen LogP contribution in [0.25, 0.3) is 0 Å². The van der Waals surface area contributed by atoms with E-state index in [0.717, 1.165) is 10.4 Å². The van der Waals surface area contributed by atoms with Gasteiger partial charge in [0.05, 0.1) is 6.42 Å². The van der Waals surface area contributed by atoms with Crippen LogP contribution in [-0.4, -0.2) is 29.2 Å². The van der Waals surface area contributed by atoms with Crippen LogP contribution in [0, 0.1) is 0 Å². The van der Waals surface area contributed by atoms with E-state index < -0.39 is 0 Å². The van der Waals surface area contributed by atoms with Gasteiger partial charge < -0.3 is 10.2 Å². The largest absolute Gasteiger partial charge is 0.324 e. The van der Waals surface area contributed by atoms with Gasteiger partial charge in [-0.25, -0.2) is 4.79 Å². The third kappa shape index (κ3) is 1.72. The minimum absolute atomic E-state index is 0.109. The molecule has 0 aromatic carbocycles. The van der Waals surface area contributed by atoms with Crippen molar-refractivity contribution in [2.75, 3.05) is 18.4 Å². The molecule has 1 aliphatic rings. The Kier molecular flexibility index (Phi) is 2.45. The van der Waals surface area contributed by atoms with Crippen molar-refractivity contribution in [1.29, 1.82) is 0 Å². The molecule has 1 aromatic rings. The van der Waals surface area contributed by atoms with Crippen LogP contribution in [0.15, 0.2) is 18.3 Å². The first-order chi connectivity index (χ1) is 7.22. The summed E-state index contributed by atoms with van der Waals surface area (Å²) >= 11 is 0. The molecule has 0 bridgehead atoms. The lowest BCUT2D eigenvalue weighted by Gasteiger charge is -2.16. The van der Waals surface area contributed by atoms with Crippen molar-refractivity contribution < 1.29 is 14.7 Å². The number of hydrogen-bond acceptors (Lipinski definition) is 2. The van der Waals surface area contributed by atoms with Gasteiger partial charge >= 0.3 is 6.03 Å². The lowest BCUT2D eigenvalue weighted by Crippen LogP contribution is -2.36. The topological polar surface area (TPSA) is 56.5 Å². The standard InChI is InChI=1S/C10H13N3O2/c1-2-12-7-5-9-8(11-10(12)14)4-3-6-13(9)15/h3-4,6H,2,5,7H2,1H3,(H-,11,14,15)/p+1. The predicted molar refractivity (Wildman–Crippen MR) is 53.8 cm³/mol. The number of aromatic nitrogens is 1. The molecular weight excluding hydrogens is 194 g/mol. The Hall–Kier alpha value is -1.78. The molecule has 0 aliphatic carbocycles. The highest BCUT2D eigenvalue weighted by Crippen LogP contribution is 2.15. The number of nitrogens with one attached hydrogen (secondary N) is 1. The predicted octanol–water partition coefficient (Wildman–Crippen LogP) is 0.621. The van der Waals surface area contributed by atoms with Crippen LogP contribution in [-0.2, 0) is 6.42 Å². The number of carbonyl (C=O) groups is 1. The monoisotopic (exact) mass is 208 g/mol. The number of carbonyl (C=O) groups excluding carboxylic acids is 1. The molecule has 0 unspecified atom stereocenters. The maximum Gasteiger partial charge on any atom is 0.322 e. The summed E-state index contributed by atoms with van der Waals surface area (Å²) < 4.78 is 1.06. The summed E-state index contributed by atoms with van der Waals surface area (Å²) in [4.78, 5) is 13.4. The third-order valence-electron chi connectivity index (χ3n) is 2.61. The van der Waals surface area contributed by atoms with E-state index in [1.807, 2.05) is 6.92 Å². The van der Waals surface area contributed by atoms with Gasteiger partial charge in [0.2, 0.25) is 6.20 Å². The number of amides is 2. The van der Waals surface area contributed by atoms with Gasteiger partial charge in [0, 0.05) is 23.9 Å². The number of urea groups is 1. The van der Waals surface area contributed by atoms with Gasteiger partial charge in [0.25, 0.3) is 5.69 Å². The number of fused-ring (bicyclic) bond motifs is 1. The van der Waals surface area contributed by atoms with Crippen molar-refractivity contribution >= 4 is 11.7 Å². The van der Waals surface area contributed by atoms with E-state index in [2.05, 4.69) is 5.32 Å². The summed E-state index contributed by atoms with van der Waals surface area (Å²) in [5.41, 5.74) is 1.42. The number of likely N-dealkylation sites (N-methyl/N-ethyl adjacent to an activating group) is 1. The fraction of sp³-hybridized carbons (Fsp3) is 0.400. The van der Waals surface area contributed by atoms with Crippen LogP contribution in [0.5, 0.6) is 0 Å². The Morgan fingerprint density at radius 3 is 3.20 bits per heavy atom. The lowest BCUT2D eigenvalue weighted by atomic mass is 10.2. The molecule has 5 nitrogen and oxygen atoms in total. The summed E-state index contributed by atoms with van der Waals surface area (Å²) in [6.45, 7) is 3.23. The Balaban J connectivity index is 2.35. The van der Waals surface area contributed by atoms with Crippen molar-refractivity contribution in [3.8, 4) is 0 Å². The average molecular weight is 208 g/mol. The van der Waals surface area contributed by atoms with Gasteiger partial charge in [0.1, 0.15) is 5.69 Å². The van der Waals surface area contributed by atoms with Gasteiger partial charge in [-0.05, 0) is 13.0 Å². The molecule has 0 radical (unpaired) electrons. The lowest BCUT2D eigenvalue weighted by molar-refractivity contribution is -0.909. The molecule has 1 aromatic heterocycles. The average Bonchev–Trinajstić information content (AvgIpc) is 2.37. The first-order valence-corrected chi connectivity index (χ1v) is 5.01. The highest BCUT2D eigenvalue weighted by molar-refractivity contribution is 5.90. The second kappa shape index (κ2) is 3.76. The molecule has 0 saturated carbocycles. The molecule has 80 valence electrons. The molecular formula is C10H14N3O2+. The third-order valence-corrected chi connectivity index (χ3v) is 2.61. The van der Waals surface area contributed by atoms with E-state index in [0.29, 0.717) is 25.2 Å². The molecule has 2 heterocycles. The molecule has 2 rings (SSSR count). The summed E-state index contributed by atoms with van der Waals surface area (Å²) in [5, 5.41) is 12.3. The summed E-state index contributed by atoms with van der Waals surface area (Å²) in [7, 11) is 0. The molecule has 1 aliphatic heterocycles. The van der Waals surface area contributed by atoms with E-state index >= 15 is 0 Å². The Morgan fingerprint density at radius 2 is 2.47 bits per heavy atom. The number of pyridine rings is 1. The molecule has 0 spiro atoms. The smallest absolute Gasteiger partial charge is 0.322 e. The molecule has 0 atom stereocenters. The summed E-state index contributed by atoms with van der Waals surface area (Å²) in [5.74, 6) is 0. The second-order valence-electron chi connectivity index (χ2n) is 3.47. The normalized spacial score (nSPS) is 15.5. The zero-order valence-corrected chi connectivity index (χ0v) is 8.60. The number of anilines is 1. The van der Waals surface area contributed by atoms with Crippen molar-refractivity contribution in [1.82, 2.24) is 4.90 Å². The highest BCUT2D eigenvalue weighted by atomic mass is 16.5. The van der Waals surface area contributed by atoms with Crippen LogP contribution in [0.2, 0.25) is 0 Å². The minimum atomic E-state index is -0.109. The van der Waals surface area contributed by atoms with E-state index in [9.17, 15) is 10.0 Å². The van der Waals surface area contributed by atoms with Gasteiger partial charge in [-0.2, -0.15) is 0 Å². The van der Waals surface area contributed by atoms with E-state index in [4.69, 9.17) is 0 Å². The second-order valence-corrected chi connectivity index (χ2v) is 3.47. The van der Waals surface area contributed by atoms with Gasteiger partial charge in [0.15, 0.2) is 0 Å². The molecule has 2 N–H and O–H groups in total. The quantitative estimate of drug-likeness (QED) is 0.525. The first-order valence-electron chi connectivity index (χ1n) is 5.01. The molecule has 5 heteroatoms. The van der Waals surface area contributed by atoms with E-state index in [1.54, 1.807) is 23.2 Å². The first kappa shape index (κ1) is 9.76. The fourth-order valence-electron chi connectivity index (χ4n) is 1.73. The maximum absolute atomic E-state index is 11.6. The summed E-state index contributed by atoms with van der Waals surface area (Å²) in [6, 6.07) is 3.38. The zero-order chi connectivity index (χ0) is 10.8. The highest BCUT2D eigenvalue weighted by Gasteiger charge is 2.25. The van der Waals surface area contributed by atoms with Crippen molar-refractivity contribution in [3.05, 3.63) is 24.0 Å².